The van der Waals surface area contributed by atoms with E-state index in [4.69, 9.17) is 9.47 Å². The van der Waals surface area contributed by atoms with Gasteiger partial charge in [-0.05, 0) is 19.3 Å². The first-order chi connectivity index (χ1) is 8.27. The van der Waals surface area contributed by atoms with Crippen LogP contribution in [0.15, 0.2) is 0 Å². The molecule has 0 bridgehead atoms. The molecule has 6 heteroatoms. The summed E-state index contributed by atoms with van der Waals surface area (Å²) in [5, 5.41) is 2.78. The summed E-state index contributed by atoms with van der Waals surface area (Å²) in [7, 11) is 0. The number of nitrogens with zero attached hydrogens (tertiary/aromatic N) is 1. The minimum atomic E-state index is -0.302. The van der Waals surface area contributed by atoms with Gasteiger partial charge in [-0.2, -0.15) is 0 Å². The number of amides is 2. The Balaban J connectivity index is 1.64. The van der Waals surface area contributed by atoms with Crippen molar-refractivity contribution in [1.82, 2.24) is 10.2 Å². The van der Waals surface area contributed by atoms with E-state index in [-0.39, 0.29) is 18.1 Å². The molecule has 0 aromatic carbocycles. The van der Waals surface area contributed by atoms with E-state index < -0.39 is 0 Å². The lowest BCUT2D eigenvalue weighted by Gasteiger charge is -2.26. The molecule has 1 N–H and O–H groups in total. The summed E-state index contributed by atoms with van der Waals surface area (Å²) in [5.74, 6) is -0.0760. The molecule has 2 aliphatic heterocycles. The smallest absolute Gasteiger partial charge is 0.409 e. The van der Waals surface area contributed by atoms with Crippen molar-refractivity contribution in [2.24, 2.45) is 0 Å². The Morgan fingerprint density at radius 3 is 3.00 bits per heavy atom. The first kappa shape index (κ1) is 12.2. The van der Waals surface area contributed by atoms with Gasteiger partial charge in [-0.25, -0.2) is 4.79 Å². The van der Waals surface area contributed by atoms with Crippen LogP contribution in [0.4, 0.5) is 4.79 Å². The lowest BCUT2D eigenvalue weighted by atomic mass is 10.2. The number of cyclic esters (lactones) is 1. The van der Waals surface area contributed by atoms with Crippen LogP contribution in [0.2, 0.25) is 0 Å². The lowest BCUT2D eigenvalue weighted by molar-refractivity contribution is -0.130. The lowest BCUT2D eigenvalue weighted by Crippen LogP contribution is -2.44. The molecule has 0 aromatic heterocycles. The zero-order valence-electron chi connectivity index (χ0n) is 9.81. The summed E-state index contributed by atoms with van der Waals surface area (Å²) in [6, 6.07) is 0. The summed E-state index contributed by atoms with van der Waals surface area (Å²) in [4.78, 5) is 24.5. The molecule has 6 nitrogen and oxygen atoms in total. The fraction of sp³-hybridized carbons (Fsp3) is 0.818. The van der Waals surface area contributed by atoms with Crippen LogP contribution in [0.25, 0.3) is 0 Å². The molecular weight excluding hydrogens is 224 g/mol. The molecule has 2 heterocycles. The highest BCUT2D eigenvalue weighted by Gasteiger charge is 2.24. The second kappa shape index (κ2) is 5.86. The molecule has 1 unspecified atom stereocenters. The van der Waals surface area contributed by atoms with E-state index >= 15 is 0 Å². The maximum Gasteiger partial charge on any atom is 0.409 e. The fourth-order valence-electron chi connectivity index (χ4n) is 2.01. The number of nitrogens with one attached hydrogen (secondary N) is 1. The zero-order chi connectivity index (χ0) is 12.1. The van der Waals surface area contributed by atoms with Gasteiger partial charge in [0.1, 0.15) is 6.10 Å². The number of hydrogen-bond donors (Lipinski definition) is 1. The Morgan fingerprint density at radius 2 is 2.29 bits per heavy atom. The van der Waals surface area contributed by atoms with Crippen LogP contribution in [-0.2, 0) is 14.3 Å². The van der Waals surface area contributed by atoms with Gasteiger partial charge in [-0.3, -0.25) is 4.79 Å². The Bertz CT molecular complexity index is 289. The Hall–Kier alpha value is -1.30. The van der Waals surface area contributed by atoms with Gasteiger partial charge in [0.15, 0.2) is 0 Å². The van der Waals surface area contributed by atoms with Gasteiger partial charge in [0, 0.05) is 26.2 Å². The van der Waals surface area contributed by atoms with E-state index in [2.05, 4.69) is 5.32 Å². The Morgan fingerprint density at radius 1 is 1.41 bits per heavy atom. The highest BCUT2D eigenvalue weighted by atomic mass is 16.6. The van der Waals surface area contributed by atoms with Gasteiger partial charge >= 0.3 is 6.09 Å². The normalized spacial score (nSPS) is 24.6. The molecule has 0 radical (unpaired) electrons. The molecule has 0 saturated carbocycles. The van der Waals surface area contributed by atoms with Crippen molar-refractivity contribution in [2.75, 3.05) is 32.8 Å². The Labute approximate surface area is 100 Å². The van der Waals surface area contributed by atoms with Crippen molar-refractivity contribution < 1.29 is 19.1 Å². The van der Waals surface area contributed by atoms with Crippen LogP contribution in [0.1, 0.15) is 19.3 Å². The number of rotatable bonds is 4. The van der Waals surface area contributed by atoms with Crippen molar-refractivity contribution >= 4 is 12.0 Å². The van der Waals surface area contributed by atoms with Gasteiger partial charge < -0.3 is 19.7 Å². The maximum atomic E-state index is 11.6. The van der Waals surface area contributed by atoms with E-state index in [1.54, 1.807) is 4.90 Å². The molecule has 2 amide bonds. The van der Waals surface area contributed by atoms with Crippen LogP contribution in [-0.4, -0.2) is 55.9 Å². The largest absolute Gasteiger partial charge is 0.449 e. The summed E-state index contributed by atoms with van der Waals surface area (Å²) in [5.41, 5.74) is 0. The number of hydrogen-bond acceptors (Lipinski definition) is 4. The van der Waals surface area contributed by atoms with Gasteiger partial charge in [-0.15, -0.1) is 0 Å². The van der Waals surface area contributed by atoms with Crippen molar-refractivity contribution in [3.63, 3.8) is 0 Å². The zero-order valence-corrected chi connectivity index (χ0v) is 9.81. The minimum Gasteiger partial charge on any atom is -0.449 e. The monoisotopic (exact) mass is 242 g/mol. The van der Waals surface area contributed by atoms with Gasteiger partial charge in [-0.1, -0.05) is 0 Å². The second-order valence-electron chi connectivity index (χ2n) is 4.25. The fourth-order valence-corrected chi connectivity index (χ4v) is 2.01. The predicted octanol–water partition coefficient (Wildman–Crippen LogP) is 0.124. The number of carbonyl (C=O) groups is 2. The van der Waals surface area contributed by atoms with Crippen molar-refractivity contribution in [3.8, 4) is 0 Å². The molecule has 1 atom stereocenters. The van der Waals surface area contributed by atoms with Crippen LogP contribution in [0, 0.1) is 0 Å². The highest BCUT2D eigenvalue weighted by Crippen LogP contribution is 2.11. The molecule has 17 heavy (non-hydrogen) atoms. The standard InChI is InChI=1S/C11H18N2O4/c14-10(9-3-1-7-16-9)12-4-6-13-5-2-8-17-11(13)15/h9H,1-8H2,(H,12,14). The van der Waals surface area contributed by atoms with Gasteiger partial charge in [0.05, 0.1) is 6.61 Å². The van der Waals surface area contributed by atoms with E-state index in [0.29, 0.717) is 32.8 Å². The molecule has 0 spiro atoms. The van der Waals surface area contributed by atoms with Gasteiger partial charge in [0.25, 0.3) is 0 Å². The van der Waals surface area contributed by atoms with Crippen molar-refractivity contribution in [3.05, 3.63) is 0 Å². The summed E-state index contributed by atoms with van der Waals surface area (Å²) >= 11 is 0. The van der Waals surface area contributed by atoms with Crippen molar-refractivity contribution in [2.45, 2.75) is 25.4 Å². The first-order valence-electron chi connectivity index (χ1n) is 6.08. The van der Waals surface area contributed by atoms with Gasteiger partial charge in [0.2, 0.25) is 5.91 Å². The summed E-state index contributed by atoms with van der Waals surface area (Å²) in [6.07, 6.45) is 1.99. The highest BCUT2D eigenvalue weighted by molar-refractivity contribution is 5.81. The average molecular weight is 242 g/mol. The third-order valence-electron chi connectivity index (χ3n) is 2.96. The third-order valence-corrected chi connectivity index (χ3v) is 2.96. The molecule has 2 fully saturated rings. The quantitative estimate of drug-likeness (QED) is 0.760. The van der Waals surface area contributed by atoms with Crippen LogP contribution < -0.4 is 5.32 Å². The van der Waals surface area contributed by atoms with Crippen molar-refractivity contribution in [1.29, 1.82) is 0 Å². The first-order valence-corrected chi connectivity index (χ1v) is 6.08. The van der Waals surface area contributed by atoms with Crippen LogP contribution >= 0.6 is 0 Å². The minimum absolute atomic E-state index is 0.0760. The number of ether oxygens (including phenoxy) is 2. The molecule has 0 aliphatic carbocycles. The topological polar surface area (TPSA) is 67.9 Å². The summed E-state index contributed by atoms with van der Waals surface area (Å²) < 4.78 is 10.2. The van der Waals surface area contributed by atoms with E-state index in [0.717, 1.165) is 19.3 Å². The molecule has 2 saturated heterocycles. The molecule has 0 aromatic rings. The number of carbonyl (C=O) groups excluding carboxylic acids is 2. The molecule has 96 valence electrons. The molecule has 2 aliphatic rings. The van der Waals surface area contributed by atoms with E-state index in [9.17, 15) is 9.59 Å². The van der Waals surface area contributed by atoms with Crippen LogP contribution in [0.3, 0.4) is 0 Å². The maximum absolute atomic E-state index is 11.6. The van der Waals surface area contributed by atoms with E-state index in [1.165, 1.54) is 0 Å². The van der Waals surface area contributed by atoms with Crippen LogP contribution in [0.5, 0.6) is 0 Å². The third kappa shape index (κ3) is 3.33. The molecule has 2 rings (SSSR count). The average Bonchev–Trinajstić information content (AvgIpc) is 2.85. The second-order valence-corrected chi connectivity index (χ2v) is 4.25. The molecular formula is C11H18N2O4. The summed E-state index contributed by atoms with van der Waals surface area (Å²) in [6.45, 7) is 2.81. The SMILES string of the molecule is O=C(NCCN1CCCOC1=O)C1CCCO1. The Kier molecular flexibility index (Phi) is 4.19. The van der Waals surface area contributed by atoms with E-state index in [1.807, 2.05) is 0 Å². The predicted molar refractivity (Wildman–Crippen MR) is 59.5 cm³/mol.